The summed E-state index contributed by atoms with van der Waals surface area (Å²) in [6, 6.07) is 6.93. The van der Waals surface area contributed by atoms with Crippen LogP contribution in [0.25, 0.3) is 0 Å². The molecule has 1 aromatic carbocycles. The Hall–Kier alpha value is -0.690. The number of nitrogens with one attached hydrogen (secondary N) is 1. The summed E-state index contributed by atoms with van der Waals surface area (Å²) in [6.45, 7) is 4.35. The van der Waals surface area contributed by atoms with Gasteiger partial charge in [0.25, 0.3) is 0 Å². The van der Waals surface area contributed by atoms with Crippen LogP contribution in [0.5, 0.6) is 0 Å². The summed E-state index contributed by atoms with van der Waals surface area (Å²) in [5.41, 5.74) is 2.32. The molecule has 0 bridgehead atoms. The minimum absolute atomic E-state index is 0.626. The van der Waals surface area contributed by atoms with E-state index in [1.165, 1.54) is 50.6 Å². The largest absolute Gasteiger partial charge is 0.382 e. The Morgan fingerprint density at radius 3 is 2.79 bits per heavy atom. The number of halogens is 1. The van der Waals surface area contributed by atoms with Gasteiger partial charge in [-0.25, -0.2) is 0 Å². The second kappa shape index (κ2) is 7.19. The molecule has 0 radical (unpaired) electrons. The maximum atomic E-state index is 6.19. The van der Waals surface area contributed by atoms with Gasteiger partial charge in [0.2, 0.25) is 0 Å². The van der Waals surface area contributed by atoms with Crippen molar-refractivity contribution >= 4 is 17.3 Å². The molecule has 1 aromatic rings. The third-order valence-corrected chi connectivity index (χ3v) is 4.74. The van der Waals surface area contributed by atoms with Gasteiger partial charge in [0.1, 0.15) is 0 Å². The van der Waals surface area contributed by atoms with Crippen LogP contribution in [0.3, 0.4) is 0 Å². The molecule has 1 aliphatic rings. The van der Waals surface area contributed by atoms with E-state index < -0.39 is 0 Å². The van der Waals surface area contributed by atoms with Crippen LogP contribution in [0.4, 0.5) is 5.69 Å². The Morgan fingerprint density at radius 1 is 1.21 bits per heavy atom. The zero-order valence-electron chi connectivity index (χ0n) is 12.2. The van der Waals surface area contributed by atoms with Gasteiger partial charge in [-0.1, -0.05) is 50.3 Å². The second-order valence-corrected chi connectivity index (χ2v) is 6.38. The van der Waals surface area contributed by atoms with Crippen LogP contribution in [0.15, 0.2) is 18.2 Å². The third-order valence-electron chi connectivity index (χ3n) is 4.33. The Morgan fingerprint density at radius 2 is 2.05 bits per heavy atom. The predicted molar refractivity (Wildman–Crippen MR) is 85.1 cm³/mol. The third kappa shape index (κ3) is 4.42. The molecule has 1 N–H and O–H groups in total. The van der Waals surface area contributed by atoms with Gasteiger partial charge < -0.3 is 5.32 Å². The van der Waals surface area contributed by atoms with Gasteiger partial charge in [-0.3, -0.25) is 0 Å². The molecule has 1 aliphatic carbocycles. The molecule has 19 heavy (non-hydrogen) atoms. The number of rotatable bonds is 4. The SMILES string of the molecule is CCCC1CCCC(Nc2ccc(C)c(Cl)c2)CC1. The van der Waals surface area contributed by atoms with Crippen LogP contribution in [-0.2, 0) is 0 Å². The van der Waals surface area contributed by atoms with Gasteiger partial charge in [-0.05, 0) is 49.8 Å². The van der Waals surface area contributed by atoms with Crippen molar-refractivity contribution in [2.45, 2.75) is 64.8 Å². The molecule has 1 fully saturated rings. The molecule has 0 saturated heterocycles. The number of hydrogen-bond donors (Lipinski definition) is 1. The minimum Gasteiger partial charge on any atom is -0.382 e. The molecule has 2 unspecified atom stereocenters. The van der Waals surface area contributed by atoms with Gasteiger partial charge in [0.05, 0.1) is 0 Å². The average molecular weight is 280 g/mol. The van der Waals surface area contributed by atoms with Crippen LogP contribution in [0.1, 0.15) is 57.4 Å². The zero-order valence-corrected chi connectivity index (χ0v) is 13.0. The van der Waals surface area contributed by atoms with Crippen molar-refractivity contribution in [3.63, 3.8) is 0 Å². The van der Waals surface area contributed by atoms with Crippen LogP contribution in [0.2, 0.25) is 5.02 Å². The number of benzene rings is 1. The Balaban J connectivity index is 1.90. The highest BCUT2D eigenvalue weighted by Crippen LogP contribution is 2.29. The Bertz CT molecular complexity index is 402. The second-order valence-electron chi connectivity index (χ2n) is 5.97. The van der Waals surface area contributed by atoms with Crippen LogP contribution >= 0.6 is 11.6 Å². The fourth-order valence-electron chi connectivity index (χ4n) is 3.14. The lowest BCUT2D eigenvalue weighted by Gasteiger charge is -2.18. The topological polar surface area (TPSA) is 12.0 Å². The van der Waals surface area contributed by atoms with Gasteiger partial charge >= 0.3 is 0 Å². The standard InChI is InChI=1S/C17H26ClN/c1-3-5-14-6-4-7-15(11-9-14)19-16-10-8-13(2)17(18)12-16/h8,10,12,14-15,19H,3-7,9,11H2,1-2H3. The Labute approximate surface area is 122 Å². The predicted octanol–water partition coefficient (Wildman–Crippen LogP) is 5.81. The van der Waals surface area contributed by atoms with Crippen molar-refractivity contribution in [2.24, 2.45) is 5.92 Å². The minimum atomic E-state index is 0.626. The summed E-state index contributed by atoms with van der Waals surface area (Å²) >= 11 is 6.19. The molecule has 2 atom stereocenters. The van der Waals surface area contributed by atoms with E-state index in [1.54, 1.807) is 0 Å². The van der Waals surface area contributed by atoms with E-state index in [0.717, 1.165) is 16.5 Å². The van der Waals surface area contributed by atoms with Crippen LogP contribution in [-0.4, -0.2) is 6.04 Å². The van der Waals surface area contributed by atoms with E-state index in [1.807, 2.05) is 6.92 Å². The number of anilines is 1. The van der Waals surface area contributed by atoms with Gasteiger partial charge in [-0.15, -0.1) is 0 Å². The molecule has 0 aliphatic heterocycles. The average Bonchev–Trinajstić information content (AvgIpc) is 2.60. The molecule has 0 aromatic heterocycles. The maximum absolute atomic E-state index is 6.19. The first-order chi connectivity index (χ1) is 9.19. The lowest BCUT2D eigenvalue weighted by Crippen LogP contribution is -2.18. The Kier molecular flexibility index (Phi) is 5.57. The molecular formula is C17H26ClN. The normalized spacial score (nSPS) is 23.9. The van der Waals surface area contributed by atoms with Crippen molar-refractivity contribution in [1.82, 2.24) is 0 Å². The molecule has 2 heteroatoms. The smallest absolute Gasteiger partial charge is 0.0455 e. The maximum Gasteiger partial charge on any atom is 0.0455 e. The first-order valence-electron chi connectivity index (χ1n) is 7.71. The summed E-state index contributed by atoms with van der Waals surface area (Å²) in [7, 11) is 0. The van der Waals surface area contributed by atoms with E-state index in [9.17, 15) is 0 Å². The fraction of sp³-hybridized carbons (Fsp3) is 0.647. The molecular weight excluding hydrogens is 254 g/mol. The molecule has 0 heterocycles. The molecule has 0 spiro atoms. The van der Waals surface area contributed by atoms with Gasteiger partial charge in [0.15, 0.2) is 0 Å². The van der Waals surface area contributed by atoms with Crippen molar-refractivity contribution in [1.29, 1.82) is 0 Å². The van der Waals surface area contributed by atoms with Crippen LogP contribution in [0, 0.1) is 12.8 Å². The number of aryl methyl sites for hydroxylation is 1. The molecule has 0 amide bonds. The van der Waals surface area contributed by atoms with Crippen molar-refractivity contribution in [3.05, 3.63) is 28.8 Å². The van der Waals surface area contributed by atoms with E-state index in [0.29, 0.717) is 6.04 Å². The van der Waals surface area contributed by atoms with Gasteiger partial charge in [-0.2, -0.15) is 0 Å². The first-order valence-corrected chi connectivity index (χ1v) is 8.09. The summed E-state index contributed by atoms with van der Waals surface area (Å²) in [6.07, 6.45) is 9.50. The highest BCUT2D eigenvalue weighted by Gasteiger charge is 2.18. The first kappa shape index (κ1) is 14.7. The fourth-order valence-corrected chi connectivity index (χ4v) is 3.32. The molecule has 1 saturated carbocycles. The van der Waals surface area contributed by atoms with E-state index in [-0.39, 0.29) is 0 Å². The van der Waals surface area contributed by atoms with E-state index >= 15 is 0 Å². The van der Waals surface area contributed by atoms with Crippen molar-refractivity contribution in [3.8, 4) is 0 Å². The molecule has 2 rings (SSSR count). The lowest BCUT2D eigenvalue weighted by atomic mass is 9.95. The van der Waals surface area contributed by atoms with E-state index in [4.69, 9.17) is 11.6 Å². The summed E-state index contributed by atoms with van der Waals surface area (Å²) in [4.78, 5) is 0. The highest BCUT2D eigenvalue weighted by molar-refractivity contribution is 6.31. The van der Waals surface area contributed by atoms with E-state index in [2.05, 4.69) is 30.4 Å². The summed E-state index contributed by atoms with van der Waals surface area (Å²) in [5.74, 6) is 0.957. The quantitative estimate of drug-likeness (QED) is 0.686. The number of hydrogen-bond acceptors (Lipinski definition) is 1. The van der Waals surface area contributed by atoms with Crippen LogP contribution < -0.4 is 5.32 Å². The van der Waals surface area contributed by atoms with Crippen molar-refractivity contribution < 1.29 is 0 Å². The monoisotopic (exact) mass is 279 g/mol. The highest BCUT2D eigenvalue weighted by atomic mass is 35.5. The van der Waals surface area contributed by atoms with Gasteiger partial charge in [0, 0.05) is 16.8 Å². The molecule has 106 valence electrons. The summed E-state index contributed by atoms with van der Waals surface area (Å²) in [5, 5.41) is 4.53. The summed E-state index contributed by atoms with van der Waals surface area (Å²) < 4.78 is 0. The van der Waals surface area contributed by atoms with Crippen molar-refractivity contribution in [2.75, 3.05) is 5.32 Å². The lowest BCUT2D eigenvalue weighted by molar-refractivity contribution is 0.422. The molecule has 1 nitrogen and oxygen atoms in total. The zero-order chi connectivity index (χ0) is 13.7.